The Labute approximate surface area is 606 Å². The van der Waals surface area contributed by atoms with Gasteiger partial charge in [0.05, 0.1) is 30.7 Å². The number of fused-ring (bicyclic) bond motifs is 13. The summed E-state index contributed by atoms with van der Waals surface area (Å²) >= 11 is 13.2. The van der Waals surface area contributed by atoms with Gasteiger partial charge >= 0.3 is 0 Å². The molecule has 1 spiro atoms. The van der Waals surface area contributed by atoms with Gasteiger partial charge in [0.2, 0.25) is 65.0 Å². The molecule has 0 aromatic carbocycles. The van der Waals surface area contributed by atoms with E-state index in [-0.39, 0.29) is 110 Å². The molecule has 564 valence electrons. The molecule has 6 rings (SSSR count). The molecule has 0 saturated heterocycles. The molecular formula is C75H123Cl2N11O12. The van der Waals surface area contributed by atoms with Crippen LogP contribution in [-0.4, -0.2) is 239 Å². The maximum atomic E-state index is 15.3. The lowest BCUT2D eigenvalue weighted by molar-refractivity contribution is -0.159. The number of allylic oxidation sites excluding steroid dienone is 2. The third kappa shape index (κ3) is 22.8. The molecule has 3 saturated carbocycles. The van der Waals surface area contributed by atoms with Crippen molar-refractivity contribution < 1.29 is 57.5 Å². The van der Waals surface area contributed by atoms with Crippen molar-refractivity contribution in [1.82, 2.24) is 55.6 Å². The van der Waals surface area contributed by atoms with Crippen molar-refractivity contribution in [3.63, 3.8) is 0 Å². The first-order valence-electron chi connectivity index (χ1n) is 37.5. The molecule has 0 radical (unpaired) electrons. The molecule has 0 aromatic rings. The lowest BCUT2D eigenvalue weighted by atomic mass is 9.58. The van der Waals surface area contributed by atoms with Crippen molar-refractivity contribution >= 4 is 88.2 Å². The zero-order valence-electron chi connectivity index (χ0n) is 62.8. The van der Waals surface area contributed by atoms with Crippen molar-refractivity contribution in [2.45, 2.75) is 287 Å². The molecule has 13 atom stereocenters. The zero-order chi connectivity index (χ0) is 73.9. The van der Waals surface area contributed by atoms with Gasteiger partial charge in [0.1, 0.15) is 41.8 Å². The normalized spacial score (nSPS) is 31.9. The molecule has 23 nitrogen and oxygen atoms in total. The Kier molecular flexibility index (Phi) is 32.1. The molecule has 11 amide bonds. The van der Waals surface area contributed by atoms with Gasteiger partial charge in [-0.05, 0) is 165 Å². The first-order valence-corrected chi connectivity index (χ1v) is 38.4. The topological polar surface area (TPSA) is 268 Å². The fraction of sp³-hybridized carbons (Fsp3) is 0.800. The number of nitrogens with one attached hydrogen (secondary N) is 4. The molecule has 3 aliphatic carbocycles. The number of ether oxygens (including phenoxy) is 1. The van der Waals surface area contributed by atoms with Crippen LogP contribution in [0.25, 0.3) is 0 Å². The van der Waals surface area contributed by atoms with Gasteiger partial charge < -0.3 is 60.3 Å². The second-order valence-corrected chi connectivity index (χ2v) is 32.3. The van der Waals surface area contributed by atoms with Gasteiger partial charge in [-0.15, -0.1) is 23.2 Å². The first-order chi connectivity index (χ1) is 47.2. The monoisotopic (exact) mass is 1440 g/mol. The van der Waals surface area contributed by atoms with Crippen LogP contribution in [0.5, 0.6) is 0 Å². The smallest absolute Gasteiger partial charge is 0.248 e. The Bertz CT molecular complexity index is 2880. The van der Waals surface area contributed by atoms with Crippen LogP contribution in [0.2, 0.25) is 0 Å². The maximum Gasteiger partial charge on any atom is 0.248 e. The standard InChI is InChI=1S/C75H123Cl2N11O12/c1-15-49(5)65-71(97)83(10)45-64(92)86(13)59-32-21-18-26-40-88(70(59)96)60-33-25-22-28-51(16-2)27-19-17-20-31-58(68(94)80-65)85(12)63(91)41-50(6)84(11)72(98)66(53-29-23-24-30-53)87(14)73(99)75(46-74(7,8)47-75)81-61(89)39-36-54(100-48(3)4)43-78-67(93)57(79-62(90)44-82(9)69(60)95)38-35-52-34-37-55(76)56(77)42-52/h18-19,21,27,48-60,65-66H,15-17,20,22-26,28-47H2,1-14H3,(H,78,93)(H,79,90)(H,80,94)(H,81,89)/b21-18-,27-19+/t49-,50+,51?,52?,54+,55?,56?,57-,58-,59-,60-,65-,66-/m0/s1. The van der Waals surface area contributed by atoms with Gasteiger partial charge in [-0.3, -0.25) is 52.7 Å². The molecule has 100 heavy (non-hydrogen) atoms. The SMILES string of the molecule is CCC1/C=C/CCC[C@H]2C(=O)N[C@@H]([C@@H](C)CC)C(=O)N(C)CC(=O)N(C)[C@H]3C/C=C\CCN(C3=O)[C@@H](CCCC1)C(=O)N(C)CC(=O)N[C@@H](CCC1CCC(Cl)C(Cl)C1)C(=O)NC[C@H](OC(C)C)CCC(=O)NC1(CC(C)(C)C1)C(=O)N(C)[C@@H](C1CCCC1)C(=O)N(C)[C@H](C)CC(=O)N2C. The van der Waals surface area contributed by atoms with E-state index in [9.17, 15) is 33.6 Å². The predicted octanol–water partition coefficient (Wildman–Crippen LogP) is 7.87. The molecule has 25 heteroatoms. The third-order valence-electron chi connectivity index (χ3n) is 22.3. The number of carbonyl (C=O) groups is 11. The van der Waals surface area contributed by atoms with E-state index < -0.39 is 126 Å². The van der Waals surface area contributed by atoms with E-state index in [4.69, 9.17) is 27.9 Å². The van der Waals surface area contributed by atoms with E-state index in [2.05, 4.69) is 40.3 Å². The minimum absolute atomic E-state index is 0.0315. The van der Waals surface area contributed by atoms with Crippen LogP contribution < -0.4 is 21.3 Å². The minimum Gasteiger partial charge on any atom is -0.374 e. The summed E-state index contributed by atoms with van der Waals surface area (Å²) in [6.45, 7) is 14.5. The Morgan fingerprint density at radius 3 is 1.92 bits per heavy atom. The Morgan fingerprint density at radius 1 is 0.620 bits per heavy atom. The van der Waals surface area contributed by atoms with Crippen LogP contribution in [0.1, 0.15) is 216 Å². The van der Waals surface area contributed by atoms with Gasteiger partial charge in [-0.2, -0.15) is 0 Å². The summed E-state index contributed by atoms with van der Waals surface area (Å²) in [6.07, 6.45) is 18.8. The van der Waals surface area contributed by atoms with Gasteiger partial charge in [0, 0.05) is 79.6 Å². The molecular weight excluding hydrogens is 1320 g/mol. The largest absolute Gasteiger partial charge is 0.374 e. The summed E-state index contributed by atoms with van der Waals surface area (Å²) in [5, 5.41) is 11.7. The van der Waals surface area contributed by atoms with Crippen LogP contribution in [0.15, 0.2) is 24.3 Å². The minimum atomic E-state index is -1.34. The fourth-order valence-corrected chi connectivity index (χ4v) is 16.6. The Balaban J connectivity index is 1.43. The van der Waals surface area contributed by atoms with Crippen molar-refractivity contribution in [3.05, 3.63) is 24.3 Å². The number of nitrogens with zero attached hydrogens (tertiary/aromatic N) is 7. The van der Waals surface area contributed by atoms with E-state index in [0.29, 0.717) is 83.5 Å². The van der Waals surface area contributed by atoms with E-state index in [0.717, 1.165) is 32.1 Å². The second kappa shape index (κ2) is 38.6. The van der Waals surface area contributed by atoms with Gasteiger partial charge in [-0.25, -0.2) is 0 Å². The summed E-state index contributed by atoms with van der Waals surface area (Å²) in [5.74, 6) is -5.67. The highest BCUT2D eigenvalue weighted by Gasteiger charge is 2.58. The van der Waals surface area contributed by atoms with Crippen molar-refractivity contribution in [2.75, 3.05) is 68.5 Å². The zero-order valence-corrected chi connectivity index (χ0v) is 64.3. The van der Waals surface area contributed by atoms with E-state index in [1.807, 2.05) is 53.7 Å². The number of hydrogen-bond acceptors (Lipinski definition) is 12. The molecule has 4 bridgehead atoms. The van der Waals surface area contributed by atoms with Crippen molar-refractivity contribution in [3.8, 4) is 0 Å². The molecule has 0 aromatic heterocycles. The first kappa shape index (κ1) is 83.1. The number of halogens is 2. The number of alkyl halides is 2. The number of rotatable bonds is 9. The van der Waals surface area contributed by atoms with Crippen molar-refractivity contribution in [1.29, 1.82) is 0 Å². The Hall–Kier alpha value is -5.81. The van der Waals surface area contributed by atoms with Crippen LogP contribution in [0, 0.1) is 29.1 Å². The number of carbonyl (C=O) groups excluding carboxylic acids is 11. The summed E-state index contributed by atoms with van der Waals surface area (Å²) in [4.78, 5) is 174. The predicted molar refractivity (Wildman–Crippen MR) is 388 cm³/mol. The van der Waals surface area contributed by atoms with Gasteiger partial charge in [0.15, 0.2) is 0 Å². The molecule has 4 N–H and O–H groups in total. The number of hydrogen-bond donors (Lipinski definition) is 4. The average molecular weight is 1440 g/mol. The Morgan fingerprint density at radius 2 is 1.27 bits per heavy atom. The highest BCUT2D eigenvalue weighted by molar-refractivity contribution is 6.30. The summed E-state index contributed by atoms with van der Waals surface area (Å²) in [6, 6.07) is -7.00. The summed E-state index contributed by atoms with van der Waals surface area (Å²) in [7, 11) is 9.30. The van der Waals surface area contributed by atoms with Gasteiger partial charge in [-0.1, -0.05) is 91.0 Å². The highest BCUT2D eigenvalue weighted by Crippen LogP contribution is 2.49. The second-order valence-electron chi connectivity index (χ2n) is 31.2. The van der Waals surface area contributed by atoms with Crippen LogP contribution in [0.4, 0.5) is 0 Å². The van der Waals surface area contributed by atoms with E-state index >= 15 is 19.2 Å². The molecule has 6 aliphatic rings. The number of likely N-dealkylation sites (N-methyl/N-ethyl adjacent to an activating group) is 6. The van der Waals surface area contributed by atoms with E-state index in [1.165, 1.54) is 55.4 Å². The molecule has 4 unspecified atom stereocenters. The van der Waals surface area contributed by atoms with Crippen LogP contribution >= 0.6 is 23.2 Å². The lowest BCUT2D eigenvalue weighted by Gasteiger charge is -2.54. The van der Waals surface area contributed by atoms with E-state index in [1.54, 1.807) is 28.1 Å². The average Bonchev–Trinajstić information content (AvgIpc) is 0.815. The quantitative estimate of drug-likeness (QED) is 0.127. The molecule has 3 aliphatic heterocycles. The van der Waals surface area contributed by atoms with Crippen LogP contribution in [-0.2, 0) is 57.5 Å². The van der Waals surface area contributed by atoms with Crippen molar-refractivity contribution in [2.24, 2.45) is 29.1 Å². The van der Waals surface area contributed by atoms with Crippen LogP contribution in [0.3, 0.4) is 0 Å². The molecule has 3 heterocycles. The van der Waals surface area contributed by atoms with Gasteiger partial charge in [0.25, 0.3) is 0 Å². The lowest BCUT2D eigenvalue weighted by Crippen LogP contribution is -2.70. The maximum absolute atomic E-state index is 15.3. The highest BCUT2D eigenvalue weighted by atomic mass is 35.5. The summed E-state index contributed by atoms with van der Waals surface area (Å²) < 4.78 is 6.33. The number of amides is 11. The fourth-order valence-electron chi connectivity index (χ4n) is 16.0. The third-order valence-corrected chi connectivity index (χ3v) is 23.5. The molecule has 3 fully saturated rings. The summed E-state index contributed by atoms with van der Waals surface area (Å²) in [5.41, 5.74) is -1.66.